The molecular formula is C11H19NO3. The molecule has 0 radical (unpaired) electrons. The highest BCUT2D eigenvalue weighted by molar-refractivity contribution is 5.95. The van der Waals surface area contributed by atoms with Crippen LogP contribution in [0.15, 0.2) is 0 Å². The molecule has 0 aliphatic carbocycles. The van der Waals surface area contributed by atoms with Gasteiger partial charge in [-0.15, -0.1) is 0 Å². The minimum atomic E-state index is -0.764. The van der Waals surface area contributed by atoms with Crippen molar-refractivity contribution in [2.24, 2.45) is 5.41 Å². The highest BCUT2D eigenvalue weighted by Crippen LogP contribution is 2.44. The number of piperidine rings is 3. The van der Waals surface area contributed by atoms with E-state index in [0.717, 1.165) is 25.9 Å². The van der Waals surface area contributed by atoms with E-state index in [-0.39, 0.29) is 17.8 Å². The van der Waals surface area contributed by atoms with E-state index < -0.39 is 5.54 Å². The van der Waals surface area contributed by atoms with E-state index in [0.29, 0.717) is 6.61 Å². The van der Waals surface area contributed by atoms with Crippen molar-refractivity contribution in [2.75, 3.05) is 33.4 Å². The zero-order valence-electron chi connectivity index (χ0n) is 9.45. The third kappa shape index (κ3) is 1.35. The van der Waals surface area contributed by atoms with Crippen molar-refractivity contribution in [1.82, 2.24) is 4.90 Å². The second kappa shape index (κ2) is 3.54. The van der Waals surface area contributed by atoms with Gasteiger partial charge in [0.1, 0.15) is 5.54 Å². The molecule has 3 aliphatic rings. The number of nitrogens with zero attached hydrogens (tertiary/aromatic N) is 1. The average Bonchev–Trinajstić information content (AvgIpc) is 2.25. The number of carbonyl (C=O) groups excluding carboxylic acids is 1. The van der Waals surface area contributed by atoms with Crippen LogP contribution in [0.5, 0.6) is 0 Å². The van der Waals surface area contributed by atoms with Gasteiger partial charge in [-0.2, -0.15) is 0 Å². The van der Waals surface area contributed by atoms with Gasteiger partial charge in [0.15, 0.2) is 5.78 Å². The van der Waals surface area contributed by atoms with Gasteiger partial charge in [0.05, 0.1) is 13.2 Å². The summed E-state index contributed by atoms with van der Waals surface area (Å²) in [5.74, 6) is 0.164. The Balaban J connectivity index is 2.34. The smallest absolute Gasteiger partial charge is 0.163 e. The lowest BCUT2D eigenvalue weighted by Crippen LogP contribution is -2.71. The van der Waals surface area contributed by atoms with Crippen molar-refractivity contribution < 1.29 is 14.6 Å². The molecule has 3 heterocycles. The van der Waals surface area contributed by atoms with Gasteiger partial charge in [0.25, 0.3) is 0 Å². The average molecular weight is 213 g/mol. The molecule has 15 heavy (non-hydrogen) atoms. The number of methoxy groups -OCH3 is 1. The first-order chi connectivity index (χ1) is 7.09. The monoisotopic (exact) mass is 213 g/mol. The Labute approximate surface area is 90.2 Å². The lowest BCUT2D eigenvalue weighted by atomic mass is 9.64. The van der Waals surface area contributed by atoms with Gasteiger partial charge in [0, 0.05) is 25.6 Å². The highest BCUT2D eigenvalue weighted by atomic mass is 16.5. The standard InChI is InChI=1S/C11H19NO3/c1-10-3-5-12(6-4-10)11(7-13,8-15-2)9(10)14/h13H,3-8H2,1-2H3. The fourth-order valence-corrected chi connectivity index (χ4v) is 2.97. The molecule has 0 aromatic heterocycles. The Bertz CT molecular complexity index is 271. The molecule has 0 aromatic rings. The van der Waals surface area contributed by atoms with Gasteiger partial charge < -0.3 is 9.84 Å². The number of aliphatic hydroxyl groups is 1. The van der Waals surface area contributed by atoms with Crippen LogP contribution in [0.2, 0.25) is 0 Å². The van der Waals surface area contributed by atoms with E-state index in [1.807, 2.05) is 6.92 Å². The number of ether oxygens (including phenoxy) is 1. The number of hydrogen-bond donors (Lipinski definition) is 1. The maximum absolute atomic E-state index is 12.4. The van der Waals surface area contributed by atoms with Crippen molar-refractivity contribution >= 4 is 5.78 Å². The number of rotatable bonds is 3. The molecule has 0 aromatic carbocycles. The Morgan fingerprint density at radius 3 is 2.53 bits per heavy atom. The quantitative estimate of drug-likeness (QED) is 0.719. The second-order valence-corrected chi connectivity index (χ2v) is 5.00. The van der Waals surface area contributed by atoms with Crippen LogP contribution >= 0.6 is 0 Å². The third-order valence-electron chi connectivity index (χ3n) is 4.09. The van der Waals surface area contributed by atoms with Gasteiger partial charge in [0.2, 0.25) is 0 Å². The number of carbonyl (C=O) groups is 1. The summed E-state index contributed by atoms with van der Waals surface area (Å²) in [6.07, 6.45) is 1.83. The van der Waals surface area contributed by atoms with Crippen molar-refractivity contribution in [3.05, 3.63) is 0 Å². The van der Waals surface area contributed by atoms with Gasteiger partial charge in [-0.05, 0) is 12.8 Å². The maximum atomic E-state index is 12.4. The van der Waals surface area contributed by atoms with E-state index in [1.165, 1.54) is 0 Å². The van der Waals surface area contributed by atoms with Gasteiger partial charge in [-0.3, -0.25) is 9.69 Å². The summed E-state index contributed by atoms with van der Waals surface area (Å²) in [6.45, 7) is 3.98. The topological polar surface area (TPSA) is 49.8 Å². The molecule has 4 nitrogen and oxygen atoms in total. The van der Waals surface area contributed by atoms with Crippen molar-refractivity contribution in [2.45, 2.75) is 25.3 Å². The van der Waals surface area contributed by atoms with Gasteiger partial charge in [-0.1, -0.05) is 6.92 Å². The molecule has 3 fully saturated rings. The van der Waals surface area contributed by atoms with E-state index in [1.54, 1.807) is 7.11 Å². The van der Waals surface area contributed by atoms with Crippen LogP contribution in [0.1, 0.15) is 19.8 Å². The van der Waals surface area contributed by atoms with Crippen LogP contribution in [0.3, 0.4) is 0 Å². The number of hydrogen-bond acceptors (Lipinski definition) is 4. The van der Waals surface area contributed by atoms with Crippen molar-refractivity contribution in [3.63, 3.8) is 0 Å². The largest absolute Gasteiger partial charge is 0.394 e. The minimum Gasteiger partial charge on any atom is -0.394 e. The lowest BCUT2D eigenvalue weighted by molar-refractivity contribution is -0.169. The summed E-state index contributed by atoms with van der Waals surface area (Å²) in [5, 5.41) is 9.54. The Hall–Kier alpha value is -0.450. The lowest BCUT2D eigenvalue weighted by Gasteiger charge is -2.56. The molecule has 1 N–H and O–H groups in total. The van der Waals surface area contributed by atoms with Crippen LogP contribution in [0.25, 0.3) is 0 Å². The third-order valence-corrected chi connectivity index (χ3v) is 4.09. The van der Waals surface area contributed by atoms with E-state index in [4.69, 9.17) is 4.74 Å². The highest BCUT2D eigenvalue weighted by Gasteiger charge is 2.58. The number of Topliss-reactive ketones (excluding diaryl/α,β-unsaturated/α-hetero) is 1. The maximum Gasteiger partial charge on any atom is 0.163 e. The Morgan fingerprint density at radius 2 is 2.07 bits per heavy atom. The van der Waals surface area contributed by atoms with Crippen LogP contribution in [0, 0.1) is 5.41 Å². The first-order valence-electron chi connectivity index (χ1n) is 5.49. The molecule has 0 saturated carbocycles. The molecule has 4 heteroatoms. The van der Waals surface area contributed by atoms with Gasteiger partial charge >= 0.3 is 0 Å². The number of fused-ring (bicyclic) bond motifs is 3. The summed E-state index contributed by atoms with van der Waals surface area (Å²) in [4.78, 5) is 14.5. The van der Waals surface area contributed by atoms with E-state index in [9.17, 15) is 9.90 Å². The zero-order chi connectivity index (χ0) is 11.1. The Morgan fingerprint density at radius 1 is 1.47 bits per heavy atom. The van der Waals surface area contributed by atoms with Crippen molar-refractivity contribution in [3.8, 4) is 0 Å². The molecule has 3 aliphatic heterocycles. The SMILES string of the molecule is COCC1(CO)C(=O)C2(C)CCN1CC2. The number of aliphatic hydroxyl groups excluding tert-OH is 1. The molecule has 86 valence electrons. The number of ketones is 1. The van der Waals surface area contributed by atoms with Crippen molar-refractivity contribution in [1.29, 1.82) is 0 Å². The fourth-order valence-electron chi connectivity index (χ4n) is 2.97. The molecule has 1 unspecified atom stereocenters. The van der Waals surface area contributed by atoms with Crippen LogP contribution in [-0.2, 0) is 9.53 Å². The summed E-state index contributed by atoms with van der Waals surface area (Å²) in [5.41, 5.74) is -1.00. The summed E-state index contributed by atoms with van der Waals surface area (Å²) >= 11 is 0. The van der Waals surface area contributed by atoms with Gasteiger partial charge in [-0.25, -0.2) is 0 Å². The molecule has 3 rings (SSSR count). The molecule has 0 amide bonds. The zero-order valence-corrected chi connectivity index (χ0v) is 9.45. The molecule has 0 spiro atoms. The minimum absolute atomic E-state index is 0.130. The second-order valence-electron chi connectivity index (χ2n) is 5.00. The predicted octanol–water partition coefficient (Wildman–Crippen LogP) is 0.0487. The molecular weight excluding hydrogens is 194 g/mol. The predicted molar refractivity (Wildman–Crippen MR) is 55.6 cm³/mol. The fraction of sp³-hybridized carbons (Fsp3) is 0.909. The molecule has 1 atom stereocenters. The normalized spacial score (nSPS) is 44.7. The summed E-state index contributed by atoms with van der Waals surface area (Å²) < 4.78 is 5.12. The first kappa shape index (κ1) is 11.0. The first-order valence-corrected chi connectivity index (χ1v) is 5.49. The van der Waals surface area contributed by atoms with E-state index >= 15 is 0 Å². The summed E-state index contributed by atoms with van der Waals surface area (Å²) in [6, 6.07) is 0. The van der Waals surface area contributed by atoms with Crippen LogP contribution in [-0.4, -0.2) is 54.7 Å². The summed E-state index contributed by atoms with van der Waals surface area (Å²) in [7, 11) is 1.58. The molecule has 2 bridgehead atoms. The Kier molecular flexibility index (Phi) is 2.61. The van der Waals surface area contributed by atoms with E-state index in [2.05, 4.69) is 4.90 Å². The van der Waals surface area contributed by atoms with Crippen LogP contribution in [0.4, 0.5) is 0 Å². The molecule has 3 saturated heterocycles. The van der Waals surface area contributed by atoms with Crippen LogP contribution < -0.4 is 0 Å².